The van der Waals surface area contributed by atoms with E-state index in [2.05, 4.69) is 20.4 Å². The van der Waals surface area contributed by atoms with Crippen LogP contribution in [0, 0.1) is 0 Å². The van der Waals surface area contributed by atoms with Crippen molar-refractivity contribution >= 4 is 37.9 Å². The van der Waals surface area contributed by atoms with Crippen LogP contribution in [0.15, 0.2) is 40.5 Å². The van der Waals surface area contributed by atoms with E-state index in [4.69, 9.17) is 19.0 Å². The lowest BCUT2D eigenvalue weighted by molar-refractivity contribution is -0.110. The van der Waals surface area contributed by atoms with Crippen LogP contribution in [0.2, 0.25) is 0 Å². The molecule has 2 aliphatic rings. The number of nitrogens with zero attached hydrogens (tertiary/aromatic N) is 3. The van der Waals surface area contributed by atoms with E-state index in [0.717, 1.165) is 18.0 Å². The van der Waals surface area contributed by atoms with Gasteiger partial charge in [0.25, 0.3) is 5.91 Å². The van der Waals surface area contributed by atoms with Crippen LogP contribution >= 0.6 is 11.3 Å². The quantitative estimate of drug-likeness (QED) is 0.255. The summed E-state index contributed by atoms with van der Waals surface area (Å²) >= 11 is 1.37. The van der Waals surface area contributed by atoms with Gasteiger partial charge in [0.15, 0.2) is 26.8 Å². The molecule has 208 valence electrons. The smallest absolute Gasteiger partial charge is 0.280 e. The number of aromatic nitrogens is 1. The second kappa shape index (κ2) is 13.6. The standard InChI is InChI=1S/C25H34N4O7S2/c1-33-13-10-29(11-14-34-2)16-20-15-26-25(37-20)27-24(30)23(28-36-19-9-12-35-17-19)18-3-5-21(6-4-18)38(31,32)22-7-8-22/h3-6,15,19,22H,7-14,16-17H2,1-2H3,(H,26,27,30)/b28-23+/t19-/m1/s1. The zero-order chi connectivity index (χ0) is 27.0. The molecule has 1 aromatic heterocycles. The molecular formula is C25H34N4O7S2. The van der Waals surface area contributed by atoms with Gasteiger partial charge in [-0.05, 0) is 25.0 Å². The number of nitrogens with one attached hydrogen (secondary N) is 1. The second-order valence-corrected chi connectivity index (χ2v) is 12.5. The van der Waals surface area contributed by atoms with Crippen molar-refractivity contribution in [2.45, 2.75) is 42.1 Å². The molecule has 1 aliphatic carbocycles. The van der Waals surface area contributed by atoms with Crippen LogP contribution in [0.5, 0.6) is 0 Å². The maximum atomic E-state index is 13.3. The lowest BCUT2D eigenvalue weighted by Crippen LogP contribution is -2.30. The number of thiazole rings is 1. The zero-order valence-electron chi connectivity index (χ0n) is 21.6. The van der Waals surface area contributed by atoms with Crippen molar-refractivity contribution in [3.63, 3.8) is 0 Å². The van der Waals surface area contributed by atoms with Crippen molar-refractivity contribution < 1.29 is 32.3 Å². The number of methoxy groups -OCH3 is 2. The number of carbonyl (C=O) groups excluding carboxylic acids is 1. The Kier molecular flexibility index (Phi) is 10.2. The summed E-state index contributed by atoms with van der Waals surface area (Å²) in [6.45, 7) is 4.29. The van der Waals surface area contributed by atoms with Crippen molar-refractivity contribution in [2.75, 3.05) is 59.1 Å². The largest absolute Gasteiger partial charge is 0.389 e. The molecule has 2 heterocycles. The number of amides is 1. The Morgan fingerprint density at radius 3 is 2.47 bits per heavy atom. The minimum Gasteiger partial charge on any atom is -0.389 e. The highest BCUT2D eigenvalue weighted by Crippen LogP contribution is 2.33. The van der Waals surface area contributed by atoms with E-state index in [-0.39, 0.29) is 22.0 Å². The van der Waals surface area contributed by atoms with Gasteiger partial charge in [0, 0.05) is 56.9 Å². The maximum absolute atomic E-state index is 13.3. The molecule has 1 aliphatic heterocycles. The van der Waals surface area contributed by atoms with Gasteiger partial charge in [-0.2, -0.15) is 0 Å². The van der Waals surface area contributed by atoms with Crippen molar-refractivity contribution in [1.29, 1.82) is 0 Å². The molecule has 38 heavy (non-hydrogen) atoms. The Bertz CT molecular complexity index is 1180. The van der Waals surface area contributed by atoms with Crippen molar-refractivity contribution in [3.05, 3.63) is 40.9 Å². The monoisotopic (exact) mass is 566 g/mol. The minimum absolute atomic E-state index is 0.0332. The highest BCUT2D eigenvalue weighted by Gasteiger charge is 2.36. The number of oxime groups is 1. The number of rotatable bonds is 15. The Labute approximate surface area is 227 Å². The van der Waals surface area contributed by atoms with Crippen LogP contribution in [0.3, 0.4) is 0 Å². The summed E-state index contributed by atoms with van der Waals surface area (Å²) in [4.78, 5) is 26.6. The maximum Gasteiger partial charge on any atom is 0.280 e. The van der Waals surface area contributed by atoms with Gasteiger partial charge in [-0.1, -0.05) is 17.3 Å². The number of hydrogen-bond donors (Lipinski definition) is 1. The molecule has 2 fully saturated rings. The Balaban J connectivity index is 1.47. The van der Waals surface area contributed by atoms with Gasteiger partial charge in [-0.15, -0.1) is 11.3 Å². The summed E-state index contributed by atoms with van der Waals surface area (Å²) in [6.07, 6.45) is 3.53. The predicted octanol–water partition coefficient (Wildman–Crippen LogP) is 2.32. The van der Waals surface area contributed by atoms with Gasteiger partial charge in [0.05, 0.1) is 36.6 Å². The summed E-state index contributed by atoms with van der Waals surface area (Å²) < 4.78 is 40.9. The lowest BCUT2D eigenvalue weighted by Gasteiger charge is -2.20. The third-order valence-electron chi connectivity index (χ3n) is 6.19. The van der Waals surface area contributed by atoms with Crippen LogP contribution in [-0.2, 0) is 40.2 Å². The van der Waals surface area contributed by atoms with E-state index in [1.54, 1.807) is 32.5 Å². The third kappa shape index (κ3) is 7.80. The van der Waals surface area contributed by atoms with Crippen LogP contribution in [0.1, 0.15) is 29.7 Å². The van der Waals surface area contributed by atoms with E-state index in [1.165, 1.54) is 23.5 Å². The van der Waals surface area contributed by atoms with Gasteiger partial charge in [0.2, 0.25) is 0 Å². The molecular weight excluding hydrogens is 532 g/mol. The average Bonchev–Trinajstić information content (AvgIpc) is 3.50. The van der Waals surface area contributed by atoms with Gasteiger partial charge in [-0.3, -0.25) is 15.0 Å². The first kappa shape index (κ1) is 28.6. The van der Waals surface area contributed by atoms with E-state index in [9.17, 15) is 13.2 Å². The molecule has 4 rings (SSSR count). The number of benzene rings is 1. The summed E-state index contributed by atoms with van der Waals surface area (Å²) in [5.41, 5.74) is 0.476. The lowest BCUT2D eigenvalue weighted by atomic mass is 10.1. The average molecular weight is 567 g/mol. The molecule has 2 aromatic rings. The third-order valence-corrected chi connectivity index (χ3v) is 9.37. The van der Waals surface area contributed by atoms with Gasteiger partial charge in [-0.25, -0.2) is 13.4 Å². The zero-order valence-corrected chi connectivity index (χ0v) is 23.3. The first-order valence-electron chi connectivity index (χ1n) is 12.5. The molecule has 1 saturated heterocycles. The first-order valence-corrected chi connectivity index (χ1v) is 14.9. The van der Waals surface area contributed by atoms with Gasteiger partial charge in [0.1, 0.15) is 0 Å². The number of ether oxygens (including phenoxy) is 3. The molecule has 0 radical (unpaired) electrons. The molecule has 1 amide bonds. The highest BCUT2D eigenvalue weighted by molar-refractivity contribution is 7.92. The summed E-state index contributed by atoms with van der Waals surface area (Å²) in [5, 5.41) is 7.07. The number of anilines is 1. The van der Waals surface area contributed by atoms with Crippen LogP contribution in [0.4, 0.5) is 5.13 Å². The predicted molar refractivity (Wildman–Crippen MR) is 143 cm³/mol. The summed E-state index contributed by atoms with van der Waals surface area (Å²) in [6, 6.07) is 6.19. The molecule has 0 unspecified atom stereocenters. The molecule has 13 heteroatoms. The minimum atomic E-state index is -3.34. The fourth-order valence-corrected chi connectivity index (χ4v) is 6.35. The van der Waals surface area contributed by atoms with Crippen molar-refractivity contribution in [2.24, 2.45) is 5.16 Å². The molecule has 1 N–H and O–H groups in total. The van der Waals surface area contributed by atoms with E-state index < -0.39 is 15.7 Å². The number of carbonyl (C=O) groups is 1. The van der Waals surface area contributed by atoms with E-state index in [0.29, 0.717) is 62.9 Å². The molecule has 0 spiro atoms. The molecule has 0 bridgehead atoms. The molecule has 11 nitrogen and oxygen atoms in total. The molecule has 1 atom stereocenters. The first-order chi connectivity index (χ1) is 18.4. The number of hydrogen-bond acceptors (Lipinski definition) is 11. The summed E-state index contributed by atoms with van der Waals surface area (Å²) in [7, 11) is -0.0105. The van der Waals surface area contributed by atoms with E-state index >= 15 is 0 Å². The fraction of sp³-hybridized carbons (Fsp3) is 0.560. The van der Waals surface area contributed by atoms with Gasteiger partial charge >= 0.3 is 0 Å². The van der Waals surface area contributed by atoms with Crippen LogP contribution in [0.25, 0.3) is 0 Å². The SMILES string of the molecule is COCCN(CCOC)Cc1cnc(NC(=O)/C(=N/O[C@@H]2CCOC2)c2ccc(S(=O)(=O)C3CC3)cc2)s1. The van der Waals surface area contributed by atoms with E-state index in [1.807, 2.05) is 0 Å². The Morgan fingerprint density at radius 2 is 1.87 bits per heavy atom. The van der Waals surface area contributed by atoms with Crippen molar-refractivity contribution in [1.82, 2.24) is 9.88 Å². The van der Waals surface area contributed by atoms with Crippen LogP contribution in [-0.4, -0.2) is 95.0 Å². The fourth-order valence-electron chi connectivity index (χ4n) is 3.85. The van der Waals surface area contributed by atoms with Crippen molar-refractivity contribution in [3.8, 4) is 0 Å². The highest BCUT2D eigenvalue weighted by atomic mass is 32.2. The topological polar surface area (TPSA) is 129 Å². The normalized spacial score (nSPS) is 18.2. The molecule has 1 aromatic carbocycles. The van der Waals surface area contributed by atoms with Crippen LogP contribution < -0.4 is 5.32 Å². The summed E-state index contributed by atoms with van der Waals surface area (Å²) in [5.74, 6) is -0.502. The second-order valence-electron chi connectivity index (χ2n) is 9.15. The number of sulfone groups is 1. The Morgan fingerprint density at radius 1 is 1.16 bits per heavy atom. The Hall–Kier alpha value is -2.42. The molecule has 1 saturated carbocycles. The van der Waals surface area contributed by atoms with Gasteiger partial charge < -0.3 is 19.0 Å².